The molecule has 9 heteroatoms. The number of nitrogens with one attached hydrogen (secondary N) is 1. The number of nitro groups is 1. The van der Waals surface area contributed by atoms with E-state index in [2.05, 4.69) is 5.32 Å². The number of ether oxygens (including phenoxy) is 3. The number of hydrogen-bond donors (Lipinski definition) is 1. The van der Waals surface area contributed by atoms with E-state index in [4.69, 9.17) is 14.2 Å². The van der Waals surface area contributed by atoms with Gasteiger partial charge in [-0.3, -0.25) is 10.1 Å². The molecule has 150 valence electrons. The highest BCUT2D eigenvalue weighted by Crippen LogP contribution is 2.31. The number of amides is 1. The predicted octanol–water partition coefficient (Wildman–Crippen LogP) is 4.56. The van der Waals surface area contributed by atoms with Crippen molar-refractivity contribution in [3.8, 4) is 17.2 Å². The van der Waals surface area contributed by atoms with Crippen LogP contribution in [0.3, 0.4) is 0 Å². The van der Waals surface area contributed by atoms with Gasteiger partial charge in [0.15, 0.2) is 11.6 Å². The molecule has 8 nitrogen and oxygen atoms in total. The van der Waals surface area contributed by atoms with Gasteiger partial charge in [0, 0.05) is 12.1 Å². The average molecular weight is 392 g/mol. The molecule has 0 aliphatic rings. The molecule has 0 saturated heterocycles. The van der Waals surface area contributed by atoms with Crippen LogP contribution in [0.5, 0.6) is 17.2 Å². The number of alkyl carbamates (subject to hydrolysis) is 1. The Morgan fingerprint density at radius 2 is 1.86 bits per heavy atom. The highest BCUT2D eigenvalue weighted by Gasteiger charge is 2.19. The number of nitrogens with zero attached hydrogens (tertiary/aromatic N) is 1. The van der Waals surface area contributed by atoms with Crippen LogP contribution in [0.15, 0.2) is 36.4 Å². The van der Waals surface area contributed by atoms with Crippen molar-refractivity contribution in [2.75, 3.05) is 7.11 Å². The first kappa shape index (κ1) is 20.9. The molecule has 0 radical (unpaired) electrons. The summed E-state index contributed by atoms with van der Waals surface area (Å²) >= 11 is 0. The molecule has 0 spiro atoms. The van der Waals surface area contributed by atoms with Gasteiger partial charge in [-0.15, -0.1) is 0 Å². The highest BCUT2D eigenvalue weighted by molar-refractivity contribution is 5.68. The number of hydrogen-bond acceptors (Lipinski definition) is 6. The molecule has 1 amide bonds. The van der Waals surface area contributed by atoms with E-state index in [1.165, 1.54) is 43.5 Å². The number of benzene rings is 2. The van der Waals surface area contributed by atoms with E-state index < -0.39 is 22.4 Å². The summed E-state index contributed by atoms with van der Waals surface area (Å²) in [5.41, 5.74) is -0.739. The molecule has 2 rings (SSSR count). The van der Waals surface area contributed by atoms with Crippen LogP contribution in [0.1, 0.15) is 26.3 Å². The largest absolute Gasteiger partial charge is 0.497 e. The number of rotatable bonds is 6. The zero-order valence-electron chi connectivity index (χ0n) is 15.9. The third kappa shape index (κ3) is 5.83. The van der Waals surface area contributed by atoms with Crippen molar-refractivity contribution in [3.63, 3.8) is 0 Å². The maximum absolute atomic E-state index is 13.9. The lowest BCUT2D eigenvalue weighted by Crippen LogP contribution is -2.32. The van der Waals surface area contributed by atoms with Crippen LogP contribution in [0, 0.1) is 15.9 Å². The first-order valence-corrected chi connectivity index (χ1v) is 8.34. The van der Waals surface area contributed by atoms with Gasteiger partial charge in [-0.05, 0) is 45.0 Å². The molecular formula is C19H21FN2O6. The topological polar surface area (TPSA) is 99.9 Å². The summed E-state index contributed by atoms with van der Waals surface area (Å²) in [6, 6.07) is 7.90. The quantitative estimate of drug-likeness (QED) is 0.571. The lowest BCUT2D eigenvalue weighted by Gasteiger charge is -2.19. The Bertz CT molecular complexity index is 879. The van der Waals surface area contributed by atoms with Crippen LogP contribution in [-0.2, 0) is 11.3 Å². The predicted molar refractivity (Wildman–Crippen MR) is 99.2 cm³/mol. The van der Waals surface area contributed by atoms with Crippen LogP contribution >= 0.6 is 0 Å². The molecule has 0 aromatic heterocycles. The van der Waals surface area contributed by atoms with Crippen molar-refractivity contribution < 1.29 is 28.3 Å². The fourth-order valence-corrected chi connectivity index (χ4v) is 2.24. The van der Waals surface area contributed by atoms with Gasteiger partial charge in [-0.1, -0.05) is 0 Å². The van der Waals surface area contributed by atoms with Gasteiger partial charge in [-0.2, -0.15) is 0 Å². The second-order valence-corrected chi connectivity index (χ2v) is 6.80. The Morgan fingerprint density at radius 3 is 2.46 bits per heavy atom. The Kier molecular flexibility index (Phi) is 6.40. The second-order valence-electron chi connectivity index (χ2n) is 6.80. The first-order chi connectivity index (χ1) is 13.1. The van der Waals surface area contributed by atoms with Crippen LogP contribution < -0.4 is 14.8 Å². The zero-order valence-corrected chi connectivity index (χ0v) is 15.9. The Morgan fingerprint density at radius 1 is 1.18 bits per heavy atom. The van der Waals surface area contributed by atoms with Gasteiger partial charge in [-0.25, -0.2) is 9.18 Å². The number of carbonyl (C=O) groups is 1. The molecule has 0 fully saturated rings. The molecule has 0 aliphatic heterocycles. The van der Waals surface area contributed by atoms with Gasteiger partial charge in [0.1, 0.15) is 17.1 Å². The summed E-state index contributed by atoms with van der Waals surface area (Å²) in [4.78, 5) is 22.5. The molecule has 2 aromatic carbocycles. The lowest BCUT2D eigenvalue weighted by molar-refractivity contribution is -0.385. The Hall–Kier alpha value is -3.36. The van der Waals surface area contributed by atoms with Crippen LogP contribution in [-0.4, -0.2) is 23.7 Å². The fraction of sp³-hybridized carbons (Fsp3) is 0.316. The van der Waals surface area contributed by atoms with Crippen molar-refractivity contribution in [2.24, 2.45) is 0 Å². The summed E-state index contributed by atoms with van der Waals surface area (Å²) in [5.74, 6) is -0.157. The molecule has 0 bridgehead atoms. The van der Waals surface area contributed by atoms with E-state index in [0.29, 0.717) is 5.75 Å². The van der Waals surface area contributed by atoms with Crippen LogP contribution in [0.2, 0.25) is 0 Å². The Labute approximate surface area is 161 Å². The minimum Gasteiger partial charge on any atom is -0.497 e. The summed E-state index contributed by atoms with van der Waals surface area (Å²) in [5, 5.41) is 13.7. The van der Waals surface area contributed by atoms with E-state index in [0.717, 1.165) is 0 Å². The molecule has 0 saturated carbocycles. The van der Waals surface area contributed by atoms with Gasteiger partial charge < -0.3 is 19.5 Å². The van der Waals surface area contributed by atoms with Gasteiger partial charge >= 0.3 is 6.09 Å². The molecule has 1 N–H and O–H groups in total. The van der Waals surface area contributed by atoms with Crippen molar-refractivity contribution in [1.29, 1.82) is 0 Å². The van der Waals surface area contributed by atoms with Crippen molar-refractivity contribution in [3.05, 3.63) is 57.9 Å². The Balaban J connectivity index is 2.23. The minimum absolute atomic E-state index is 0.0979. The van der Waals surface area contributed by atoms with Crippen molar-refractivity contribution in [2.45, 2.75) is 32.9 Å². The number of methoxy groups -OCH3 is 1. The minimum atomic E-state index is -0.716. The normalized spacial score (nSPS) is 10.9. The van der Waals surface area contributed by atoms with Gasteiger partial charge in [0.05, 0.1) is 24.1 Å². The lowest BCUT2D eigenvalue weighted by atomic mass is 10.1. The van der Waals surface area contributed by atoms with Crippen molar-refractivity contribution in [1.82, 2.24) is 5.32 Å². The molecule has 0 heterocycles. The molecule has 28 heavy (non-hydrogen) atoms. The molecule has 0 unspecified atom stereocenters. The third-order valence-electron chi connectivity index (χ3n) is 3.44. The molecular weight excluding hydrogens is 371 g/mol. The second kappa shape index (κ2) is 8.55. The van der Waals surface area contributed by atoms with E-state index in [1.54, 1.807) is 20.8 Å². The number of carbonyl (C=O) groups excluding carboxylic acids is 1. The SMILES string of the molecule is COc1ccc(F)c(Oc2ccc([N+](=O)[O-])c(CNC(=O)OC(C)(C)C)c2)c1. The molecule has 2 aromatic rings. The monoisotopic (exact) mass is 392 g/mol. The molecule has 0 atom stereocenters. The van der Waals surface area contributed by atoms with E-state index >= 15 is 0 Å². The number of halogens is 1. The van der Waals surface area contributed by atoms with E-state index in [1.807, 2.05) is 0 Å². The first-order valence-electron chi connectivity index (χ1n) is 8.34. The average Bonchev–Trinajstić information content (AvgIpc) is 2.60. The van der Waals surface area contributed by atoms with E-state index in [9.17, 15) is 19.3 Å². The maximum atomic E-state index is 13.9. The zero-order chi connectivity index (χ0) is 20.9. The summed E-state index contributed by atoms with van der Waals surface area (Å²) in [7, 11) is 1.43. The third-order valence-corrected chi connectivity index (χ3v) is 3.44. The molecule has 0 aliphatic carbocycles. The summed E-state index contributed by atoms with van der Waals surface area (Å²) < 4.78 is 29.6. The fourth-order valence-electron chi connectivity index (χ4n) is 2.24. The van der Waals surface area contributed by atoms with Crippen LogP contribution in [0.4, 0.5) is 14.9 Å². The number of nitro benzene ring substituents is 1. The van der Waals surface area contributed by atoms with Crippen LogP contribution in [0.25, 0.3) is 0 Å². The maximum Gasteiger partial charge on any atom is 0.407 e. The summed E-state index contributed by atoms with van der Waals surface area (Å²) in [6.07, 6.45) is -0.716. The van der Waals surface area contributed by atoms with Gasteiger partial charge in [0.2, 0.25) is 0 Å². The smallest absolute Gasteiger partial charge is 0.407 e. The highest BCUT2D eigenvalue weighted by atomic mass is 19.1. The van der Waals surface area contributed by atoms with Gasteiger partial charge in [0.25, 0.3) is 5.69 Å². The van der Waals surface area contributed by atoms with Crippen molar-refractivity contribution >= 4 is 11.8 Å². The summed E-state index contributed by atoms with van der Waals surface area (Å²) in [6.45, 7) is 4.94. The van der Waals surface area contributed by atoms with E-state index in [-0.39, 0.29) is 29.3 Å². The standard InChI is InChI=1S/C19H21FN2O6/c1-19(2,3)28-18(23)21-11-12-9-14(6-8-16(12)22(24)25)27-17-10-13(26-4)5-7-15(17)20/h5-10H,11H2,1-4H3,(H,21,23).